The summed E-state index contributed by atoms with van der Waals surface area (Å²) < 4.78 is 18.0. The van der Waals surface area contributed by atoms with Gasteiger partial charge >= 0.3 is 5.97 Å². The highest BCUT2D eigenvalue weighted by atomic mass is 35.5. The predicted octanol–water partition coefficient (Wildman–Crippen LogP) is 3.42. The molecule has 1 aromatic carbocycles. The molecule has 0 spiro atoms. The molecule has 0 saturated heterocycles. The molecule has 6 heteroatoms. The summed E-state index contributed by atoms with van der Waals surface area (Å²) in [5.41, 5.74) is 1.38. The summed E-state index contributed by atoms with van der Waals surface area (Å²) in [7, 11) is 0. The zero-order valence-corrected chi connectivity index (χ0v) is 11.7. The van der Waals surface area contributed by atoms with Gasteiger partial charge < -0.3 is 4.74 Å². The van der Waals surface area contributed by atoms with Crippen molar-refractivity contribution in [2.75, 3.05) is 6.61 Å². The van der Waals surface area contributed by atoms with Crippen LogP contribution in [0.3, 0.4) is 0 Å². The van der Waals surface area contributed by atoms with Gasteiger partial charge in [0.25, 0.3) is 0 Å². The predicted molar refractivity (Wildman–Crippen MR) is 73.1 cm³/mol. The average molecular weight is 295 g/mol. The van der Waals surface area contributed by atoms with Gasteiger partial charge in [-0.15, -0.1) is 0 Å². The largest absolute Gasteiger partial charge is 0.462 e. The Morgan fingerprint density at radius 2 is 2.20 bits per heavy atom. The Labute approximate surface area is 120 Å². The summed E-state index contributed by atoms with van der Waals surface area (Å²) in [6.07, 6.45) is 1.40. The first-order valence-electron chi connectivity index (χ1n) is 5.99. The van der Waals surface area contributed by atoms with Crippen LogP contribution in [0.2, 0.25) is 5.02 Å². The third-order valence-electron chi connectivity index (χ3n) is 2.65. The van der Waals surface area contributed by atoms with Crippen molar-refractivity contribution in [1.82, 2.24) is 9.97 Å². The number of carbonyl (C=O) groups excluding carboxylic acids is 1. The number of halogens is 2. The van der Waals surface area contributed by atoms with Crippen molar-refractivity contribution in [3.63, 3.8) is 0 Å². The van der Waals surface area contributed by atoms with Gasteiger partial charge in [0.05, 0.1) is 22.9 Å². The first-order chi connectivity index (χ1) is 9.52. The maximum atomic E-state index is 13.1. The number of esters is 1. The molecule has 0 atom stereocenters. The van der Waals surface area contributed by atoms with Crippen molar-refractivity contribution in [3.05, 3.63) is 46.5 Å². The number of ether oxygens (including phenoxy) is 1. The average Bonchev–Trinajstić information content (AvgIpc) is 2.42. The van der Waals surface area contributed by atoms with Crippen LogP contribution in [0.25, 0.3) is 11.4 Å². The van der Waals surface area contributed by atoms with E-state index in [0.29, 0.717) is 22.6 Å². The molecule has 104 valence electrons. The Hall–Kier alpha value is -2.01. The molecule has 0 amide bonds. The Bertz CT molecular complexity index is 662. The molecule has 4 nitrogen and oxygen atoms in total. The van der Waals surface area contributed by atoms with Gasteiger partial charge in [0.15, 0.2) is 5.82 Å². The van der Waals surface area contributed by atoms with Gasteiger partial charge in [-0.2, -0.15) is 0 Å². The lowest BCUT2D eigenvalue weighted by atomic mass is 10.2. The molecule has 2 rings (SSSR count). The number of carbonyl (C=O) groups is 1. The third kappa shape index (κ3) is 2.93. The van der Waals surface area contributed by atoms with Gasteiger partial charge in [-0.1, -0.05) is 11.6 Å². The Morgan fingerprint density at radius 3 is 2.80 bits per heavy atom. The minimum atomic E-state index is -0.504. The minimum Gasteiger partial charge on any atom is -0.462 e. The number of rotatable bonds is 3. The number of benzene rings is 1. The van der Waals surface area contributed by atoms with Crippen LogP contribution in [0.15, 0.2) is 24.4 Å². The van der Waals surface area contributed by atoms with E-state index in [-0.39, 0.29) is 11.6 Å². The Kier molecular flexibility index (Phi) is 4.29. The van der Waals surface area contributed by atoms with Gasteiger partial charge in [0, 0.05) is 11.8 Å². The van der Waals surface area contributed by atoms with E-state index >= 15 is 0 Å². The minimum absolute atomic E-state index is 0.00165. The smallest absolute Gasteiger partial charge is 0.341 e. The molecule has 0 aliphatic carbocycles. The van der Waals surface area contributed by atoms with Crippen molar-refractivity contribution < 1.29 is 13.9 Å². The van der Waals surface area contributed by atoms with E-state index in [1.54, 1.807) is 13.8 Å². The van der Waals surface area contributed by atoms with E-state index in [1.165, 1.54) is 24.4 Å². The normalized spacial score (nSPS) is 10.4. The van der Waals surface area contributed by atoms with Crippen LogP contribution < -0.4 is 0 Å². The second kappa shape index (κ2) is 5.96. The fourth-order valence-electron chi connectivity index (χ4n) is 1.65. The molecule has 0 fully saturated rings. The van der Waals surface area contributed by atoms with Gasteiger partial charge in [0.1, 0.15) is 5.82 Å². The van der Waals surface area contributed by atoms with Crippen LogP contribution >= 0.6 is 11.6 Å². The van der Waals surface area contributed by atoms with Crippen LogP contribution in [-0.2, 0) is 4.74 Å². The molecule has 0 aliphatic heterocycles. The monoisotopic (exact) mass is 294 g/mol. The van der Waals surface area contributed by atoms with Gasteiger partial charge in [-0.25, -0.2) is 19.2 Å². The molecule has 0 radical (unpaired) electrons. The van der Waals surface area contributed by atoms with Crippen LogP contribution in [0, 0.1) is 12.7 Å². The molecule has 0 aliphatic rings. The van der Waals surface area contributed by atoms with Gasteiger partial charge in [-0.3, -0.25) is 0 Å². The summed E-state index contributed by atoms with van der Waals surface area (Å²) in [6.45, 7) is 3.69. The highest BCUT2D eigenvalue weighted by Gasteiger charge is 2.14. The summed E-state index contributed by atoms with van der Waals surface area (Å²) in [4.78, 5) is 20.0. The molecule has 20 heavy (non-hydrogen) atoms. The summed E-state index contributed by atoms with van der Waals surface area (Å²) in [5.74, 6) is -0.596. The molecule has 0 bridgehead atoms. The second-order valence-corrected chi connectivity index (χ2v) is 4.45. The highest BCUT2D eigenvalue weighted by Crippen LogP contribution is 2.23. The standard InChI is InChI=1S/C14H12ClFN2O2/c1-3-20-14(19)10-7-17-13(18-8(10)2)9-4-5-12(16)11(15)6-9/h4-7H,3H2,1-2H3. The molecule has 2 aromatic rings. The molecule has 0 unspecified atom stereocenters. The van der Waals surface area contributed by atoms with Crippen LogP contribution in [0.4, 0.5) is 4.39 Å². The fraction of sp³-hybridized carbons (Fsp3) is 0.214. The number of aromatic nitrogens is 2. The maximum Gasteiger partial charge on any atom is 0.341 e. The second-order valence-electron chi connectivity index (χ2n) is 4.04. The zero-order chi connectivity index (χ0) is 14.7. The lowest BCUT2D eigenvalue weighted by Crippen LogP contribution is -2.09. The first-order valence-corrected chi connectivity index (χ1v) is 6.37. The zero-order valence-electron chi connectivity index (χ0n) is 11.0. The van der Waals surface area contributed by atoms with E-state index in [2.05, 4.69) is 9.97 Å². The number of aryl methyl sites for hydroxylation is 1. The lowest BCUT2D eigenvalue weighted by molar-refractivity contribution is 0.0524. The van der Waals surface area contributed by atoms with Crippen molar-refractivity contribution >= 4 is 17.6 Å². The van der Waals surface area contributed by atoms with Crippen LogP contribution in [0.1, 0.15) is 23.0 Å². The van der Waals surface area contributed by atoms with Gasteiger partial charge in [0.2, 0.25) is 0 Å². The molecular formula is C14H12ClFN2O2. The topological polar surface area (TPSA) is 52.1 Å². The van der Waals surface area contributed by atoms with Crippen LogP contribution in [-0.4, -0.2) is 22.5 Å². The maximum absolute atomic E-state index is 13.1. The van der Waals surface area contributed by atoms with Gasteiger partial charge in [-0.05, 0) is 32.0 Å². The Balaban J connectivity index is 2.37. The van der Waals surface area contributed by atoms with Crippen molar-refractivity contribution in [1.29, 1.82) is 0 Å². The van der Waals surface area contributed by atoms with Crippen LogP contribution in [0.5, 0.6) is 0 Å². The quantitative estimate of drug-likeness (QED) is 0.814. The SMILES string of the molecule is CCOC(=O)c1cnc(-c2ccc(F)c(Cl)c2)nc1C. The molecule has 1 heterocycles. The lowest BCUT2D eigenvalue weighted by Gasteiger charge is -2.07. The fourth-order valence-corrected chi connectivity index (χ4v) is 1.83. The van der Waals surface area contributed by atoms with Crippen molar-refractivity contribution in [3.8, 4) is 11.4 Å². The number of hydrogen-bond donors (Lipinski definition) is 0. The summed E-state index contributed by atoms with van der Waals surface area (Å²) in [5, 5.41) is -0.00165. The van der Waals surface area contributed by atoms with Crippen molar-refractivity contribution in [2.45, 2.75) is 13.8 Å². The van der Waals surface area contributed by atoms with E-state index in [9.17, 15) is 9.18 Å². The summed E-state index contributed by atoms with van der Waals surface area (Å²) in [6, 6.07) is 4.21. The highest BCUT2D eigenvalue weighted by molar-refractivity contribution is 6.31. The number of nitrogens with zero attached hydrogens (tertiary/aromatic N) is 2. The summed E-state index contributed by atoms with van der Waals surface area (Å²) >= 11 is 5.72. The third-order valence-corrected chi connectivity index (χ3v) is 2.94. The van der Waals surface area contributed by atoms with E-state index in [1.807, 2.05) is 0 Å². The number of hydrogen-bond acceptors (Lipinski definition) is 4. The first kappa shape index (κ1) is 14.4. The molecule has 0 saturated carbocycles. The molecule has 1 aromatic heterocycles. The van der Waals surface area contributed by atoms with E-state index in [4.69, 9.17) is 16.3 Å². The Morgan fingerprint density at radius 1 is 1.45 bits per heavy atom. The van der Waals surface area contributed by atoms with E-state index in [0.717, 1.165) is 0 Å². The van der Waals surface area contributed by atoms with E-state index < -0.39 is 11.8 Å². The van der Waals surface area contributed by atoms with Crippen molar-refractivity contribution in [2.24, 2.45) is 0 Å². The molecular weight excluding hydrogens is 283 g/mol. The molecule has 0 N–H and O–H groups in total.